The van der Waals surface area contributed by atoms with Crippen molar-refractivity contribution in [2.45, 2.75) is 51.1 Å². The first kappa shape index (κ1) is 16.0. The van der Waals surface area contributed by atoms with Crippen molar-refractivity contribution in [3.63, 3.8) is 0 Å². The molecule has 0 aromatic heterocycles. The summed E-state index contributed by atoms with van der Waals surface area (Å²) in [6.07, 6.45) is 4.89. The number of piperidine rings is 1. The van der Waals surface area contributed by atoms with Gasteiger partial charge >= 0.3 is 0 Å². The summed E-state index contributed by atoms with van der Waals surface area (Å²) in [6.45, 7) is 6.97. The first-order valence-corrected chi connectivity index (χ1v) is 8.29. The van der Waals surface area contributed by atoms with Gasteiger partial charge in [0, 0.05) is 16.1 Å². The van der Waals surface area contributed by atoms with Gasteiger partial charge < -0.3 is 0 Å². The first-order valence-electron chi connectivity index (χ1n) is 7.50. The lowest BCUT2D eigenvalue weighted by Crippen LogP contribution is -2.61. The summed E-state index contributed by atoms with van der Waals surface area (Å²) in [4.78, 5) is 2.58. The van der Waals surface area contributed by atoms with E-state index >= 15 is 0 Å². The van der Waals surface area contributed by atoms with Crippen LogP contribution in [0.2, 0.25) is 0 Å². The second-order valence-corrected chi connectivity index (χ2v) is 7.07. The minimum Gasteiger partial charge on any atom is -0.297 e. The number of rotatable bonds is 5. The van der Waals surface area contributed by atoms with Crippen molar-refractivity contribution in [2.24, 2.45) is 5.84 Å². The predicted molar refractivity (Wildman–Crippen MR) is 88.5 cm³/mol. The van der Waals surface area contributed by atoms with Crippen LogP contribution in [-0.4, -0.2) is 29.6 Å². The quantitative estimate of drug-likeness (QED) is 0.639. The molecule has 20 heavy (non-hydrogen) atoms. The zero-order valence-electron chi connectivity index (χ0n) is 12.5. The standard InChI is InChI=1S/C16H26BrN3/c1-16(2,20-10-6-3-7-11-20)15(19-18)12-13-8-4-5-9-14(13)17/h4-5,8-9,15,19H,3,6-7,10-12,18H2,1-2H3. The molecule has 3 N–H and O–H groups in total. The molecule has 112 valence electrons. The molecule has 1 unspecified atom stereocenters. The van der Waals surface area contributed by atoms with E-state index in [1.807, 2.05) is 6.07 Å². The van der Waals surface area contributed by atoms with Gasteiger partial charge in [-0.1, -0.05) is 40.5 Å². The highest BCUT2D eigenvalue weighted by molar-refractivity contribution is 9.10. The highest BCUT2D eigenvalue weighted by Crippen LogP contribution is 2.27. The van der Waals surface area contributed by atoms with Gasteiger partial charge in [0.2, 0.25) is 0 Å². The second kappa shape index (κ2) is 7.03. The van der Waals surface area contributed by atoms with E-state index in [4.69, 9.17) is 5.84 Å². The van der Waals surface area contributed by atoms with Crippen molar-refractivity contribution in [3.8, 4) is 0 Å². The summed E-state index contributed by atoms with van der Waals surface area (Å²) in [5, 5.41) is 0. The molecular formula is C16H26BrN3. The lowest BCUT2D eigenvalue weighted by molar-refractivity contribution is 0.0610. The molecule has 4 heteroatoms. The fourth-order valence-electron chi connectivity index (χ4n) is 3.09. The number of nitrogens with one attached hydrogen (secondary N) is 1. The molecule has 3 nitrogen and oxygen atoms in total. The molecule has 1 fully saturated rings. The topological polar surface area (TPSA) is 41.3 Å². The average molecular weight is 340 g/mol. The van der Waals surface area contributed by atoms with Gasteiger partial charge in [0.05, 0.1) is 0 Å². The van der Waals surface area contributed by atoms with Crippen LogP contribution in [-0.2, 0) is 6.42 Å². The Bertz CT molecular complexity index is 427. The Balaban J connectivity index is 2.12. The minimum atomic E-state index is 0.0600. The second-order valence-electron chi connectivity index (χ2n) is 6.22. The number of nitrogens with zero attached hydrogens (tertiary/aromatic N) is 1. The SMILES string of the molecule is CC(C)(C(Cc1ccccc1Br)NN)N1CCCCC1. The van der Waals surface area contributed by atoms with Crippen LogP contribution in [0.4, 0.5) is 0 Å². The van der Waals surface area contributed by atoms with Crippen LogP contribution in [0, 0.1) is 0 Å². The van der Waals surface area contributed by atoms with E-state index in [1.54, 1.807) is 0 Å². The van der Waals surface area contributed by atoms with E-state index in [0.717, 1.165) is 10.9 Å². The van der Waals surface area contributed by atoms with Crippen LogP contribution >= 0.6 is 15.9 Å². The van der Waals surface area contributed by atoms with E-state index in [0.29, 0.717) is 0 Å². The Morgan fingerprint density at radius 3 is 2.50 bits per heavy atom. The summed E-state index contributed by atoms with van der Waals surface area (Å²) in [7, 11) is 0. The van der Waals surface area contributed by atoms with Crippen LogP contribution < -0.4 is 11.3 Å². The van der Waals surface area contributed by atoms with Crippen LogP contribution in [0.25, 0.3) is 0 Å². The maximum Gasteiger partial charge on any atom is 0.0430 e. The summed E-state index contributed by atoms with van der Waals surface area (Å²) >= 11 is 3.63. The molecule has 2 rings (SSSR count). The van der Waals surface area contributed by atoms with Gasteiger partial charge in [0.25, 0.3) is 0 Å². The molecule has 1 aliphatic rings. The third-order valence-corrected chi connectivity index (χ3v) is 5.38. The smallest absolute Gasteiger partial charge is 0.0430 e. The van der Waals surface area contributed by atoms with Crippen molar-refractivity contribution < 1.29 is 0 Å². The third-order valence-electron chi connectivity index (χ3n) is 4.61. The summed E-state index contributed by atoms with van der Waals surface area (Å²) in [5.74, 6) is 5.87. The number of halogens is 1. The highest BCUT2D eigenvalue weighted by Gasteiger charge is 2.35. The Kier molecular flexibility index (Phi) is 5.61. The molecular weight excluding hydrogens is 314 g/mol. The zero-order chi connectivity index (χ0) is 14.6. The van der Waals surface area contributed by atoms with E-state index in [-0.39, 0.29) is 11.6 Å². The summed E-state index contributed by atoms with van der Waals surface area (Å²) in [5.41, 5.74) is 4.42. The van der Waals surface area contributed by atoms with Crippen molar-refractivity contribution in [2.75, 3.05) is 13.1 Å². The zero-order valence-corrected chi connectivity index (χ0v) is 14.1. The number of hydrogen-bond donors (Lipinski definition) is 2. The Morgan fingerprint density at radius 2 is 1.90 bits per heavy atom. The predicted octanol–water partition coefficient (Wildman–Crippen LogP) is 3.09. The van der Waals surface area contributed by atoms with Crippen molar-refractivity contribution >= 4 is 15.9 Å². The van der Waals surface area contributed by atoms with E-state index < -0.39 is 0 Å². The maximum absolute atomic E-state index is 5.87. The Labute approximate surface area is 131 Å². The molecule has 0 aliphatic carbocycles. The van der Waals surface area contributed by atoms with Crippen molar-refractivity contribution in [1.82, 2.24) is 10.3 Å². The molecule has 0 spiro atoms. The molecule has 1 atom stereocenters. The van der Waals surface area contributed by atoms with E-state index in [9.17, 15) is 0 Å². The molecule has 0 radical (unpaired) electrons. The molecule has 0 amide bonds. The molecule has 0 bridgehead atoms. The fourth-order valence-corrected chi connectivity index (χ4v) is 3.53. The number of benzene rings is 1. The maximum atomic E-state index is 5.87. The summed E-state index contributed by atoms with van der Waals surface area (Å²) in [6, 6.07) is 8.63. The summed E-state index contributed by atoms with van der Waals surface area (Å²) < 4.78 is 1.16. The van der Waals surface area contributed by atoms with Gasteiger partial charge in [0.1, 0.15) is 0 Å². The van der Waals surface area contributed by atoms with Crippen molar-refractivity contribution in [3.05, 3.63) is 34.3 Å². The fraction of sp³-hybridized carbons (Fsp3) is 0.625. The van der Waals surface area contributed by atoms with E-state index in [2.05, 4.69) is 58.3 Å². The lowest BCUT2D eigenvalue weighted by atomic mass is 9.86. The Hall–Kier alpha value is -0.420. The number of likely N-dealkylation sites (tertiary alicyclic amines) is 1. The van der Waals surface area contributed by atoms with Gasteiger partial charge in [-0.15, -0.1) is 0 Å². The lowest BCUT2D eigenvalue weighted by Gasteiger charge is -2.46. The van der Waals surface area contributed by atoms with Gasteiger partial charge in [-0.05, 0) is 57.8 Å². The van der Waals surface area contributed by atoms with Gasteiger partial charge in [0.15, 0.2) is 0 Å². The molecule has 1 heterocycles. The molecule has 1 saturated heterocycles. The highest BCUT2D eigenvalue weighted by atomic mass is 79.9. The van der Waals surface area contributed by atoms with Crippen LogP contribution in [0.15, 0.2) is 28.7 Å². The number of hydrazine groups is 1. The Morgan fingerprint density at radius 1 is 1.25 bits per heavy atom. The van der Waals surface area contributed by atoms with E-state index in [1.165, 1.54) is 37.9 Å². The monoisotopic (exact) mass is 339 g/mol. The molecule has 0 saturated carbocycles. The van der Waals surface area contributed by atoms with Gasteiger partial charge in [-0.25, -0.2) is 0 Å². The first-order chi connectivity index (χ1) is 9.55. The molecule has 1 aromatic rings. The minimum absolute atomic E-state index is 0.0600. The molecule has 1 aliphatic heterocycles. The largest absolute Gasteiger partial charge is 0.297 e. The average Bonchev–Trinajstić information content (AvgIpc) is 2.47. The van der Waals surface area contributed by atoms with Crippen LogP contribution in [0.3, 0.4) is 0 Å². The number of hydrogen-bond acceptors (Lipinski definition) is 3. The normalized spacial score (nSPS) is 19.0. The van der Waals surface area contributed by atoms with Crippen LogP contribution in [0.5, 0.6) is 0 Å². The number of nitrogens with two attached hydrogens (primary N) is 1. The van der Waals surface area contributed by atoms with Crippen molar-refractivity contribution in [1.29, 1.82) is 0 Å². The van der Waals surface area contributed by atoms with Crippen LogP contribution in [0.1, 0.15) is 38.7 Å². The van der Waals surface area contributed by atoms with Gasteiger partial charge in [-0.2, -0.15) is 0 Å². The molecule has 1 aromatic carbocycles. The third kappa shape index (κ3) is 3.61. The van der Waals surface area contributed by atoms with Gasteiger partial charge in [-0.3, -0.25) is 16.2 Å².